The van der Waals surface area contributed by atoms with Crippen molar-refractivity contribution in [1.82, 2.24) is 5.32 Å². The van der Waals surface area contributed by atoms with Crippen LogP contribution in [0.5, 0.6) is 0 Å². The first-order valence-electron chi connectivity index (χ1n) is 9.88. The lowest BCUT2D eigenvalue weighted by Gasteiger charge is -2.30. The number of carbonyl (C=O) groups is 2. The summed E-state index contributed by atoms with van der Waals surface area (Å²) in [6, 6.07) is 16.5. The number of benzene rings is 2. The molecule has 0 bridgehead atoms. The summed E-state index contributed by atoms with van der Waals surface area (Å²) in [5.41, 5.74) is 4.22. The minimum Gasteiger partial charge on any atom is -0.449 e. The highest BCUT2D eigenvalue weighted by atomic mass is 16.5. The van der Waals surface area contributed by atoms with E-state index in [2.05, 4.69) is 29.6 Å². The Bertz CT molecular complexity index is 887. The van der Waals surface area contributed by atoms with E-state index < -0.39 is 11.6 Å². The second-order valence-electron chi connectivity index (χ2n) is 7.95. The maximum absolute atomic E-state index is 12.5. The van der Waals surface area contributed by atoms with Gasteiger partial charge in [-0.15, -0.1) is 0 Å². The van der Waals surface area contributed by atoms with Crippen molar-refractivity contribution < 1.29 is 14.3 Å². The molecule has 0 radical (unpaired) electrons. The topological polar surface area (TPSA) is 55.4 Å². The summed E-state index contributed by atoms with van der Waals surface area (Å²) < 4.78 is 5.64. The first-order valence-corrected chi connectivity index (χ1v) is 9.88. The second-order valence-corrected chi connectivity index (χ2v) is 7.95. The van der Waals surface area contributed by atoms with Crippen molar-refractivity contribution >= 4 is 11.9 Å². The van der Waals surface area contributed by atoms with E-state index in [-0.39, 0.29) is 18.3 Å². The number of ether oxygens (including phenoxy) is 1. The van der Waals surface area contributed by atoms with E-state index in [0.717, 1.165) is 19.3 Å². The zero-order valence-electron chi connectivity index (χ0n) is 16.1. The highest BCUT2D eigenvalue weighted by Gasteiger charge is 2.32. The molecule has 4 heteroatoms. The zero-order valence-corrected chi connectivity index (χ0v) is 16.1. The minimum atomic E-state index is -0.565. The molecular formula is C24H25NO3. The van der Waals surface area contributed by atoms with Crippen LogP contribution in [0.4, 0.5) is 4.79 Å². The van der Waals surface area contributed by atoms with Gasteiger partial charge in [-0.25, -0.2) is 4.79 Å². The summed E-state index contributed by atoms with van der Waals surface area (Å²) >= 11 is 0. The van der Waals surface area contributed by atoms with Crippen LogP contribution in [-0.4, -0.2) is 24.0 Å². The highest BCUT2D eigenvalue weighted by Crippen LogP contribution is 2.44. The Morgan fingerprint density at radius 3 is 2.43 bits per heavy atom. The summed E-state index contributed by atoms with van der Waals surface area (Å²) in [5, 5.41) is 2.95. The molecule has 28 heavy (non-hydrogen) atoms. The third kappa shape index (κ3) is 3.72. The molecule has 4 rings (SSSR count). The minimum absolute atomic E-state index is 0.0351. The SMILES string of the molecule is C[C@]1(NC(=O)OCC2c3ccccc3-c3ccccc32)CCC/C=C\C(=O)C1. The Labute approximate surface area is 165 Å². The number of alkyl carbamates (subject to hydrolysis) is 1. The third-order valence-electron chi connectivity index (χ3n) is 5.71. The lowest BCUT2D eigenvalue weighted by atomic mass is 9.87. The van der Waals surface area contributed by atoms with E-state index in [1.54, 1.807) is 6.08 Å². The number of hydrogen-bond donors (Lipinski definition) is 1. The zero-order chi connectivity index (χ0) is 19.6. The van der Waals surface area contributed by atoms with Crippen molar-refractivity contribution in [2.45, 2.75) is 44.1 Å². The molecule has 0 aliphatic heterocycles. The maximum Gasteiger partial charge on any atom is 0.407 e. The van der Waals surface area contributed by atoms with Crippen LogP contribution in [0.15, 0.2) is 60.7 Å². The van der Waals surface area contributed by atoms with E-state index in [1.807, 2.05) is 37.3 Å². The van der Waals surface area contributed by atoms with E-state index in [0.29, 0.717) is 6.42 Å². The van der Waals surface area contributed by atoms with Crippen LogP contribution >= 0.6 is 0 Å². The van der Waals surface area contributed by atoms with Gasteiger partial charge in [0.05, 0.1) is 0 Å². The average Bonchev–Trinajstić information content (AvgIpc) is 2.98. The van der Waals surface area contributed by atoms with Gasteiger partial charge in [-0.3, -0.25) is 4.79 Å². The summed E-state index contributed by atoms with van der Waals surface area (Å²) in [6.45, 7) is 2.20. The lowest BCUT2D eigenvalue weighted by molar-refractivity contribution is -0.116. The Morgan fingerprint density at radius 2 is 1.75 bits per heavy atom. The summed E-state index contributed by atoms with van der Waals surface area (Å²) in [4.78, 5) is 24.5. The average molecular weight is 375 g/mol. The van der Waals surface area contributed by atoms with Crippen molar-refractivity contribution in [3.8, 4) is 11.1 Å². The molecule has 0 fully saturated rings. The normalized spacial score (nSPS) is 22.5. The van der Waals surface area contributed by atoms with Crippen LogP contribution < -0.4 is 5.32 Å². The predicted octanol–water partition coefficient (Wildman–Crippen LogP) is 4.98. The van der Waals surface area contributed by atoms with Crippen molar-refractivity contribution in [1.29, 1.82) is 0 Å². The fourth-order valence-corrected chi connectivity index (χ4v) is 4.34. The molecule has 2 aliphatic rings. The first-order chi connectivity index (χ1) is 13.6. The maximum atomic E-state index is 12.5. The van der Waals surface area contributed by atoms with Crippen LogP contribution in [0.3, 0.4) is 0 Å². The van der Waals surface area contributed by atoms with Crippen molar-refractivity contribution in [3.05, 3.63) is 71.8 Å². The smallest absolute Gasteiger partial charge is 0.407 e. The van der Waals surface area contributed by atoms with E-state index in [4.69, 9.17) is 4.74 Å². The van der Waals surface area contributed by atoms with Crippen LogP contribution in [0.25, 0.3) is 11.1 Å². The number of fused-ring (bicyclic) bond motifs is 3. The molecule has 0 saturated carbocycles. The van der Waals surface area contributed by atoms with Crippen LogP contribution in [-0.2, 0) is 9.53 Å². The fraction of sp³-hybridized carbons (Fsp3) is 0.333. The number of rotatable bonds is 3. The van der Waals surface area contributed by atoms with Crippen LogP contribution in [0.1, 0.15) is 49.7 Å². The lowest BCUT2D eigenvalue weighted by Crippen LogP contribution is -2.48. The van der Waals surface area contributed by atoms with Gasteiger partial charge in [0.2, 0.25) is 0 Å². The monoisotopic (exact) mass is 375 g/mol. The van der Waals surface area contributed by atoms with Gasteiger partial charge in [-0.05, 0) is 54.5 Å². The second kappa shape index (κ2) is 7.63. The van der Waals surface area contributed by atoms with E-state index in [9.17, 15) is 9.59 Å². The van der Waals surface area contributed by atoms with Gasteiger partial charge in [0.15, 0.2) is 5.78 Å². The number of hydrogen-bond acceptors (Lipinski definition) is 3. The Balaban J connectivity index is 1.45. The molecule has 2 aromatic rings. The Kier molecular flexibility index (Phi) is 5.03. The predicted molar refractivity (Wildman–Crippen MR) is 109 cm³/mol. The molecule has 1 amide bonds. The fourth-order valence-electron chi connectivity index (χ4n) is 4.34. The summed E-state index contributed by atoms with van der Waals surface area (Å²) in [6.07, 6.45) is 5.92. The molecule has 2 aromatic carbocycles. The van der Waals surface area contributed by atoms with Crippen LogP contribution in [0, 0.1) is 0 Å². The standard InChI is InChI=1S/C24H25NO3/c1-24(14-8-2-3-9-17(26)15-24)25-23(27)28-16-22-20-12-6-4-10-18(20)19-11-5-7-13-21(19)22/h3-7,9-13,22H,2,8,14-16H2,1H3,(H,25,27)/b9-3-/t24-/m0/s1. The molecule has 144 valence electrons. The molecule has 0 heterocycles. The van der Waals surface area contributed by atoms with Crippen molar-refractivity contribution in [3.63, 3.8) is 0 Å². The third-order valence-corrected chi connectivity index (χ3v) is 5.71. The molecule has 0 aromatic heterocycles. The van der Waals surface area contributed by atoms with Gasteiger partial charge in [-0.2, -0.15) is 0 Å². The van der Waals surface area contributed by atoms with Crippen molar-refractivity contribution in [2.75, 3.05) is 6.61 Å². The van der Waals surface area contributed by atoms with Gasteiger partial charge in [0.25, 0.3) is 0 Å². The van der Waals surface area contributed by atoms with Gasteiger partial charge in [0.1, 0.15) is 6.61 Å². The Morgan fingerprint density at radius 1 is 1.11 bits per heavy atom. The molecule has 0 spiro atoms. The molecule has 4 nitrogen and oxygen atoms in total. The van der Waals surface area contributed by atoms with E-state index >= 15 is 0 Å². The van der Waals surface area contributed by atoms with Gasteiger partial charge < -0.3 is 10.1 Å². The van der Waals surface area contributed by atoms with Gasteiger partial charge >= 0.3 is 6.09 Å². The summed E-state index contributed by atoms with van der Waals surface area (Å²) in [7, 11) is 0. The quantitative estimate of drug-likeness (QED) is 0.823. The molecule has 0 unspecified atom stereocenters. The molecule has 2 aliphatic carbocycles. The Hall–Kier alpha value is -2.88. The van der Waals surface area contributed by atoms with E-state index in [1.165, 1.54) is 22.3 Å². The number of carbonyl (C=O) groups excluding carboxylic acids is 2. The van der Waals surface area contributed by atoms with Gasteiger partial charge in [0, 0.05) is 17.9 Å². The molecular weight excluding hydrogens is 350 g/mol. The first kappa shape index (κ1) is 18.5. The number of allylic oxidation sites excluding steroid dienone is 2. The van der Waals surface area contributed by atoms with Crippen molar-refractivity contribution in [2.24, 2.45) is 0 Å². The number of nitrogens with one attached hydrogen (secondary N) is 1. The van der Waals surface area contributed by atoms with Crippen LogP contribution in [0.2, 0.25) is 0 Å². The largest absolute Gasteiger partial charge is 0.449 e. The number of ketones is 1. The summed E-state index contributed by atoms with van der Waals surface area (Å²) in [5.74, 6) is 0.0778. The number of amides is 1. The molecule has 0 saturated heterocycles. The highest BCUT2D eigenvalue weighted by molar-refractivity contribution is 5.91. The molecule has 1 atom stereocenters. The molecule has 1 N–H and O–H groups in total. The van der Waals surface area contributed by atoms with Gasteiger partial charge in [-0.1, -0.05) is 54.6 Å².